The average Bonchev–Trinajstić information content (AvgIpc) is 2.89. The minimum absolute atomic E-state index is 0.362. The lowest BCUT2D eigenvalue weighted by molar-refractivity contribution is -0.146. The van der Waals surface area contributed by atoms with E-state index in [9.17, 15) is 14.4 Å². The quantitative estimate of drug-likeness (QED) is 0.558. The molecule has 7 heteroatoms. The standard InChI is InChI=1S/C11H13N3O4/c12-5-6-18-8(15)7-14-9(16)11(13-10(14)17)3-1-2-4-11/h1-4,6-7H2,(H,13,17). The van der Waals surface area contributed by atoms with Crippen LogP contribution in [-0.4, -0.2) is 41.5 Å². The van der Waals surface area contributed by atoms with Crippen LogP contribution in [0.5, 0.6) is 0 Å². The molecule has 1 aliphatic heterocycles. The van der Waals surface area contributed by atoms with E-state index in [2.05, 4.69) is 10.1 Å². The highest BCUT2D eigenvalue weighted by Crippen LogP contribution is 2.34. The number of rotatable bonds is 3. The predicted molar refractivity (Wildman–Crippen MR) is 58.0 cm³/mol. The second kappa shape index (κ2) is 4.64. The Labute approximate surface area is 104 Å². The first kappa shape index (κ1) is 12.4. The number of imide groups is 1. The van der Waals surface area contributed by atoms with Gasteiger partial charge in [-0.1, -0.05) is 12.8 Å². The summed E-state index contributed by atoms with van der Waals surface area (Å²) in [5, 5.41) is 10.9. The summed E-state index contributed by atoms with van der Waals surface area (Å²) in [5.74, 6) is -1.12. The molecule has 0 unspecified atom stereocenters. The maximum atomic E-state index is 12.1. The summed E-state index contributed by atoms with van der Waals surface area (Å²) in [7, 11) is 0. The van der Waals surface area contributed by atoms with Crippen molar-refractivity contribution in [1.82, 2.24) is 10.2 Å². The minimum Gasteiger partial charge on any atom is -0.449 e. The predicted octanol–water partition coefficient (Wildman–Crippen LogP) is -0.0822. The Hall–Kier alpha value is -2.10. The molecule has 1 N–H and O–H groups in total. The number of nitrogens with one attached hydrogen (secondary N) is 1. The highest BCUT2D eigenvalue weighted by molar-refractivity contribution is 6.08. The molecule has 1 saturated heterocycles. The molecule has 1 saturated carbocycles. The molecule has 0 atom stereocenters. The van der Waals surface area contributed by atoms with E-state index in [1.165, 1.54) is 0 Å². The first-order chi connectivity index (χ1) is 8.59. The van der Waals surface area contributed by atoms with Crippen molar-refractivity contribution in [3.63, 3.8) is 0 Å². The van der Waals surface area contributed by atoms with Gasteiger partial charge in [-0.2, -0.15) is 5.26 Å². The Morgan fingerprint density at radius 3 is 2.72 bits per heavy atom. The fraction of sp³-hybridized carbons (Fsp3) is 0.636. The zero-order valence-electron chi connectivity index (χ0n) is 9.77. The number of ether oxygens (including phenoxy) is 1. The first-order valence-corrected chi connectivity index (χ1v) is 5.76. The molecule has 18 heavy (non-hydrogen) atoms. The highest BCUT2D eigenvalue weighted by Gasteiger charge is 2.52. The van der Waals surface area contributed by atoms with Gasteiger partial charge >= 0.3 is 12.0 Å². The number of esters is 1. The lowest BCUT2D eigenvalue weighted by Gasteiger charge is -2.19. The van der Waals surface area contributed by atoms with Crippen molar-refractivity contribution in [3.8, 4) is 6.07 Å². The van der Waals surface area contributed by atoms with Crippen LogP contribution in [0.25, 0.3) is 0 Å². The fourth-order valence-corrected chi connectivity index (χ4v) is 2.42. The molecule has 1 aliphatic carbocycles. The summed E-state index contributed by atoms with van der Waals surface area (Å²) < 4.78 is 4.53. The number of nitriles is 1. The van der Waals surface area contributed by atoms with Crippen molar-refractivity contribution in [2.75, 3.05) is 13.2 Å². The molecule has 0 bridgehead atoms. The van der Waals surface area contributed by atoms with Crippen molar-refractivity contribution < 1.29 is 19.1 Å². The summed E-state index contributed by atoms with van der Waals surface area (Å²) in [4.78, 5) is 36.0. The van der Waals surface area contributed by atoms with Gasteiger partial charge in [-0.25, -0.2) is 4.79 Å². The van der Waals surface area contributed by atoms with Crippen molar-refractivity contribution in [1.29, 1.82) is 5.26 Å². The molecule has 1 spiro atoms. The molecule has 2 aliphatic rings. The van der Waals surface area contributed by atoms with Gasteiger partial charge in [0, 0.05) is 0 Å². The second-order valence-corrected chi connectivity index (χ2v) is 4.43. The average molecular weight is 251 g/mol. The van der Waals surface area contributed by atoms with Crippen LogP contribution in [0.15, 0.2) is 0 Å². The molecule has 0 aromatic carbocycles. The molecular formula is C11H13N3O4. The molecule has 2 fully saturated rings. The minimum atomic E-state index is -0.813. The molecule has 96 valence electrons. The van der Waals surface area contributed by atoms with Crippen molar-refractivity contribution >= 4 is 17.9 Å². The highest BCUT2D eigenvalue weighted by atomic mass is 16.5. The number of urea groups is 1. The van der Waals surface area contributed by atoms with Gasteiger partial charge in [-0.05, 0) is 12.8 Å². The molecular weight excluding hydrogens is 238 g/mol. The van der Waals surface area contributed by atoms with Gasteiger partial charge < -0.3 is 10.1 Å². The Kier molecular flexibility index (Phi) is 3.19. The third kappa shape index (κ3) is 2.01. The number of carbonyl (C=O) groups excluding carboxylic acids is 3. The lowest BCUT2D eigenvalue weighted by atomic mass is 9.98. The summed E-state index contributed by atoms with van der Waals surface area (Å²) in [5.41, 5.74) is -0.813. The van der Waals surface area contributed by atoms with Crippen LogP contribution >= 0.6 is 0 Å². The van der Waals surface area contributed by atoms with E-state index in [-0.39, 0.29) is 12.5 Å². The van der Waals surface area contributed by atoms with E-state index >= 15 is 0 Å². The third-order valence-electron chi connectivity index (χ3n) is 3.29. The summed E-state index contributed by atoms with van der Waals surface area (Å²) in [6.45, 7) is -0.818. The van der Waals surface area contributed by atoms with Gasteiger partial charge in [-0.15, -0.1) is 0 Å². The van der Waals surface area contributed by atoms with Crippen LogP contribution < -0.4 is 5.32 Å². The Morgan fingerprint density at radius 2 is 2.11 bits per heavy atom. The lowest BCUT2D eigenvalue weighted by Crippen LogP contribution is -2.44. The van der Waals surface area contributed by atoms with Gasteiger partial charge in [0.15, 0.2) is 6.61 Å². The van der Waals surface area contributed by atoms with Gasteiger partial charge in [-0.3, -0.25) is 14.5 Å². The number of carbonyl (C=O) groups is 3. The summed E-state index contributed by atoms with van der Waals surface area (Å²) in [6, 6.07) is 1.09. The van der Waals surface area contributed by atoms with Gasteiger partial charge in [0.2, 0.25) is 0 Å². The number of hydrogen-bond acceptors (Lipinski definition) is 5. The van der Waals surface area contributed by atoms with Crippen molar-refractivity contribution in [2.24, 2.45) is 0 Å². The van der Waals surface area contributed by atoms with Crippen LogP contribution in [0.4, 0.5) is 4.79 Å². The van der Waals surface area contributed by atoms with Crippen molar-refractivity contribution in [3.05, 3.63) is 0 Å². The van der Waals surface area contributed by atoms with E-state index in [1.807, 2.05) is 0 Å². The number of hydrogen-bond donors (Lipinski definition) is 1. The normalized spacial score (nSPS) is 20.9. The molecule has 0 aromatic rings. The van der Waals surface area contributed by atoms with E-state index in [0.29, 0.717) is 12.8 Å². The monoisotopic (exact) mass is 251 g/mol. The molecule has 2 rings (SSSR count). The van der Waals surface area contributed by atoms with Crippen molar-refractivity contribution in [2.45, 2.75) is 31.2 Å². The number of amides is 3. The van der Waals surface area contributed by atoms with Crippen LogP contribution in [0.1, 0.15) is 25.7 Å². The topological polar surface area (TPSA) is 99.5 Å². The third-order valence-corrected chi connectivity index (χ3v) is 3.29. The van der Waals surface area contributed by atoms with Crippen LogP contribution in [0.3, 0.4) is 0 Å². The maximum Gasteiger partial charge on any atom is 0.327 e. The van der Waals surface area contributed by atoms with Crippen LogP contribution in [0.2, 0.25) is 0 Å². The van der Waals surface area contributed by atoms with E-state index in [0.717, 1.165) is 17.7 Å². The first-order valence-electron chi connectivity index (χ1n) is 5.76. The summed E-state index contributed by atoms with van der Waals surface area (Å²) in [6.07, 6.45) is 3.00. The van der Waals surface area contributed by atoms with E-state index < -0.39 is 24.1 Å². The molecule has 0 aromatic heterocycles. The fourth-order valence-electron chi connectivity index (χ4n) is 2.42. The van der Waals surface area contributed by atoms with Crippen LogP contribution in [0, 0.1) is 11.3 Å². The molecule has 1 heterocycles. The largest absolute Gasteiger partial charge is 0.449 e. The SMILES string of the molecule is N#CCOC(=O)CN1C(=O)NC2(CCCC2)C1=O. The van der Waals surface area contributed by atoms with E-state index in [4.69, 9.17) is 5.26 Å². The Balaban J connectivity index is 2.01. The van der Waals surface area contributed by atoms with Crippen LogP contribution in [-0.2, 0) is 14.3 Å². The molecule has 7 nitrogen and oxygen atoms in total. The number of nitrogens with zero attached hydrogens (tertiary/aromatic N) is 2. The van der Waals surface area contributed by atoms with Gasteiger partial charge in [0.05, 0.1) is 0 Å². The molecule has 0 radical (unpaired) electrons. The molecule has 3 amide bonds. The van der Waals surface area contributed by atoms with E-state index in [1.54, 1.807) is 6.07 Å². The second-order valence-electron chi connectivity index (χ2n) is 4.43. The Morgan fingerprint density at radius 1 is 1.44 bits per heavy atom. The smallest absolute Gasteiger partial charge is 0.327 e. The zero-order valence-corrected chi connectivity index (χ0v) is 9.77. The maximum absolute atomic E-state index is 12.1. The van der Waals surface area contributed by atoms with Gasteiger partial charge in [0.25, 0.3) is 5.91 Å². The zero-order chi connectivity index (χ0) is 13.2. The van der Waals surface area contributed by atoms with Gasteiger partial charge in [0.1, 0.15) is 18.2 Å². The summed E-state index contributed by atoms with van der Waals surface area (Å²) >= 11 is 0. The Bertz CT molecular complexity index is 434.